The van der Waals surface area contributed by atoms with Gasteiger partial charge < -0.3 is 10.0 Å². The van der Waals surface area contributed by atoms with Gasteiger partial charge in [0.2, 0.25) is 0 Å². The van der Waals surface area contributed by atoms with Crippen molar-refractivity contribution in [1.29, 1.82) is 5.26 Å². The average molecular weight is 244 g/mol. The number of benzene rings is 1. The second kappa shape index (κ2) is 5.09. The highest BCUT2D eigenvalue weighted by Gasteiger charge is 2.33. The summed E-state index contributed by atoms with van der Waals surface area (Å²) in [5.41, 5.74) is 1.24. The van der Waals surface area contributed by atoms with E-state index in [-0.39, 0.29) is 17.7 Å². The second-order valence-corrected chi connectivity index (χ2v) is 4.66. The van der Waals surface area contributed by atoms with Gasteiger partial charge in [0.25, 0.3) is 5.91 Å². The maximum Gasteiger partial charge on any atom is 0.257 e. The van der Waals surface area contributed by atoms with E-state index in [2.05, 4.69) is 6.07 Å². The van der Waals surface area contributed by atoms with E-state index in [0.29, 0.717) is 18.5 Å². The molecule has 0 radical (unpaired) electrons. The third-order valence-corrected chi connectivity index (χ3v) is 3.10. The quantitative estimate of drug-likeness (QED) is 0.883. The SMILES string of the molecule is Cc1ccc(C(=O)N(CCC#N)C2CC2)c(O)c1. The Morgan fingerprint density at radius 3 is 2.83 bits per heavy atom. The molecule has 0 saturated heterocycles. The number of aromatic hydroxyl groups is 1. The molecule has 18 heavy (non-hydrogen) atoms. The smallest absolute Gasteiger partial charge is 0.257 e. The topological polar surface area (TPSA) is 64.3 Å². The largest absolute Gasteiger partial charge is 0.507 e. The zero-order valence-corrected chi connectivity index (χ0v) is 10.4. The highest BCUT2D eigenvalue weighted by molar-refractivity contribution is 5.97. The number of phenolic OH excluding ortho intramolecular Hbond substituents is 1. The molecule has 1 aromatic carbocycles. The van der Waals surface area contributed by atoms with Gasteiger partial charge >= 0.3 is 0 Å². The Morgan fingerprint density at radius 2 is 2.28 bits per heavy atom. The predicted octanol–water partition coefficient (Wildman–Crippen LogP) is 2.22. The van der Waals surface area contributed by atoms with Crippen molar-refractivity contribution in [2.24, 2.45) is 0 Å². The van der Waals surface area contributed by atoms with Gasteiger partial charge in [-0.1, -0.05) is 6.07 Å². The lowest BCUT2D eigenvalue weighted by Gasteiger charge is -2.21. The maximum absolute atomic E-state index is 12.3. The van der Waals surface area contributed by atoms with Crippen LogP contribution in [0.3, 0.4) is 0 Å². The van der Waals surface area contributed by atoms with E-state index in [4.69, 9.17) is 5.26 Å². The Kier molecular flexibility index (Phi) is 3.52. The molecule has 4 heteroatoms. The third-order valence-electron chi connectivity index (χ3n) is 3.10. The summed E-state index contributed by atoms with van der Waals surface area (Å²) >= 11 is 0. The zero-order valence-electron chi connectivity index (χ0n) is 10.4. The summed E-state index contributed by atoms with van der Waals surface area (Å²) in [5, 5.41) is 18.4. The maximum atomic E-state index is 12.3. The van der Waals surface area contributed by atoms with Crippen molar-refractivity contribution >= 4 is 5.91 Å². The van der Waals surface area contributed by atoms with Crippen molar-refractivity contribution in [3.05, 3.63) is 29.3 Å². The van der Waals surface area contributed by atoms with Crippen LogP contribution in [0.4, 0.5) is 0 Å². The Bertz CT molecular complexity index is 501. The number of phenols is 1. The first-order valence-electron chi connectivity index (χ1n) is 6.11. The fraction of sp³-hybridized carbons (Fsp3) is 0.429. The van der Waals surface area contributed by atoms with Crippen LogP contribution in [0.25, 0.3) is 0 Å². The fourth-order valence-corrected chi connectivity index (χ4v) is 1.98. The van der Waals surface area contributed by atoms with Crippen LogP contribution in [0, 0.1) is 18.3 Å². The number of carbonyl (C=O) groups is 1. The van der Waals surface area contributed by atoms with Gasteiger partial charge in [0, 0.05) is 12.6 Å². The van der Waals surface area contributed by atoms with E-state index in [1.807, 2.05) is 13.0 Å². The van der Waals surface area contributed by atoms with Crippen LogP contribution < -0.4 is 0 Å². The summed E-state index contributed by atoms with van der Waals surface area (Å²) in [6, 6.07) is 7.34. The van der Waals surface area contributed by atoms with Crippen molar-refractivity contribution in [2.45, 2.75) is 32.2 Å². The summed E-state index contributed by atoms with van der Waals surface area (Å²) in [7, 11) is 0. The zero-order chi connectivity index (χ0) is 13.1. The van der Waals surface area contributed by atoms with E-state index in [1.54, 1.807) is 17.0 Å². The summed E-state index contributed by atoms with van der Waals surface area (Å²) in [6.45, 7) is 2.30. The molecule has 0 heterocycles. The molecule has 1 N–H and O–H groups in total. The molecule has 1 fully saturated rings. The first-order valence-corrected chi connectivity index (χ1v) is 6.11. The summed E-state index contributed by atoms with van der Waals surface area (Å²) in [4.78, 5) is 14.0. The summed E-state index contributed by atoms with van der Waals surface area (Å²) in [6.07, 6.45) is 2.31. The van der Waals surface area contributed by atoms with E-state index in [1.165, 1.54) is 0 Å². The number of carbonyl (C=O) groups excluding carboxylic acids is 1. The molecular weight excluding hydrogens is 228 g/mol. The van der Waals surface area contributed by atoms with Gasteiger partial charge in [-0.25, -0.2) is 0 Å². The van der Waals surface area contributed by atoms with Crippen LogP contribution in [-0.2, 0) is 0 Å². The molecule has 1 aliphatic carbocycles. The van der Waals surface area contributed by atoms with E-state index >= 15 is 0 Å². The van der Waals surface area contributed by atoms with Gasteiger partial charge in [-0.3, -0.25) is 4.79 Å². The van der Waals surface area contributed by atoms with Crippen LogP contribution in [0.2, 0.25) is 0 Å². The summed E-state index contributed by atoms with van der Waals surface area (Å²) < 4.78 is 0. The van der Waals surface area contributed by atoms with Crippen molar-refractivity contribution in [3.63, 3.8) is 0 Å². The standard InChI is InChI=1S/C14H16N2O2/c1-10-3-6-12(13(17)9-10)14(18)16(8-2-7-15)11-4-5-11/h3,6,9,11,17H,2,4-5,8H2,1H3. The van der Waals surface area contributed by atoms with Gasteiger partial charge in [-0.05, 0) is 37.5 Å². The Hall–Kier alpha value is -2.02. The monoisotopic (exact) mass is 244 g/mol. The van der Waals surface area contributed by atoms with Crippen molar-refractivity contribution < 1.29 is 9.90 Å². The molecule has 0 unspecified atom stereocenters. The van der Waals surface area contributed by atoms with Gasteiger partial charge in [0.05, 0.1) is 18.1 Å². The van der Waals surface area contributed by atoms with Crippen LogP contribution in [-0.4, -0.2) is 28.5 Å². The van der Waals surface area contributed by atoms with Gasteiger partial charge in [0.1, 0.15) is 5.75 Å². The Morgan fingerprint density at radius 1 is 1.56 bits per heavy atom. The lowest BCUT2D eigenvalue weighted by atomic mass is 10.1. The number of hydrogen-bond donors (Lipinski definition) is 1. The van der Waals surface area contributed by atoms with Crippen LogP contribution >= 0.6 is 0 Å². The minimum atomic E-state index is -0.176. The highest BCUT2D eigenvalue weighted by atomic mass is 16.3. The molecule has 0 atom stereocenters. The number of nitrogens with zero attached hydrogens (tertiary/aromatic N) is 2. The summed E-state index contributed by atoms with van der Waals surface area (Å²) in [5.74, 6) is -0.159. The number of aryl methyl sites for hydroxylation is 1. The normalized spacial score (nSPS) is 14.0. The molecule has 2 rings (SSSR count). The van der Waals surface area contributed by atoms with Gasteiger partial charge in [0.15, 0.2) is 0 Å². The highest BCUT2D eigenvalue weighted by Crippen LogP contribution is 2.30. The molecule has 0 aliphatic heterocycles. The molecular formula is C14H16N2O2. The van der Waals surface area contributed by atoms with Gasteiger partial charge in [-0.15, -0.1) is 0 Å². The molecule has 0 aromatic heterocycles. The Labute approximate surface area is 106 Å². The number of nitriles is 1. The predicted molar refractivity (Wildman–Crippen MR) is 67.1 cm³/mol. The molecule has 1 aromatic rings. The molecule has 94 valence electrons. The van der Waals surface area contributed by atoms with E-state index in [0.717, 1.165) is 18.4 Å². The van der Waals surface area contributed by atoms with Crippen molar-refractivity contribution in [1.82, 2.24) is 4.90 Å². The molecule has 1 aliphatic rings. The first-order chi connectivity index (χ1) is 8.63. The van der Waals surface area contributed by atoms with Crippen LogP contribution in [0.5, 0.6) is 5.75 Å². The second-order valence-electron chi connectivity index (χ2n) is 4.66. The Balaban J connectivity index is 2.19. The average Bonchev–Trinajstić information content (AvgIpc) is 3.13. The fourth-order valence-electron chi connectivity index (χ4n) is 1.98. The lowest BCUT2D eigenvalue weighted by molar-refractivity contribution is 0.0744. The minimum Gasteiger partial charge on any atom is -0.507 e. The molecule has 0 spiro atoms. The van der Waals surface area contributed by atoms with Crippen molar-refractivity contribution in [3.8, 4) is 11.8 Å². The minimum absolute atomic E-state index is 0.0163. The third kappa shape index (κ3) is 2.62. The lowest BCUT2D eigenvalue weighted by Crippen LogP contribution is -2.33. The molecule has 1 amide bonds. The van der Waals surface area contributed by atoms with Crippen LogP contribution in [0.1, 0.15) is 35.2 Å². The van der Waals surface area contributed by atoms with Crippen LogP contribution in [0.15, 0.2) is 18.2 Å². The number of amides is 1. The number of rotatable bonds is 4. The molecule has 4 nitrogen and oxygen atoms in total. The number of hydrogen-bond acceptors (Lipinski definition) is 3. The first kappa shape index (κ1) is 12.4. The molecule has 0 bridgehead atoms. The van der Waals surface area contributed by atoms with Gasteiger partial charge in [-0.2, -0.15) is 5.26 Å². The van der Waals surface area contributed by atoms with E-state index < -0.39 is 0 Å². The van der Waals surface area contributed by atoms with Crippen molar-refractivity contribution in [2.75, 3.05) is 6.54 Å². The molecule has 1 saturated carbocycles. The van der Waals surface area contributed by atoms with E-state index in [9.17, 15) is 9.90 Å².